The Kier molecular flexibility index (Phi) is 3.18. The van der Waals surface area contributed by atoms with Crippen LogP contribution in [0.5, 0.6) is 5.75 Å². The highest BCUT2D eigenvalue weighted by Gasteiger charge is 2.17. The number of phenolic OH excluding ortho intramolecular Hbond substituents is 1. The summed E-state index contributed by atoms with van der Waals surface area (Å²) in [4.78, 5) is 17.2. The molecule has 0 bridgehead atoms. The molecule has 0 aliphatic carbocycles. The van der Waals surface area contributed by atoms with Crippen molar-refractivity contribution in [1.29, 1.82) is 0 Å². The van der Waals surface area contributed by atoms with Crippen molar-refractivity contribution in [2.24, 2.45) is 0 Å². The van der Waals surface area contributed by atoms with Crippen molar-refractivity contribution in [3.05, 3.63) is 87.4 Å². The monoisotopic (exact) mass is 360 g/mol. The molecule has 26 heavy (non-hydrogen) atoms. The molecular weight excluding hydrogens is 348 g/mol. The lowest BCUT2D eigenvalue weighted by Crippen LogP contribution is -2.12. The molecule has 0 radical (unpaired) electrons. The zero-order valence-corrected chi connectivity index (χ0v) is 14.4. The average molecular weight is 361 g/mol. The van der Waals surface area contributed by atoms with Crippen LogP contribution in [0, 0.1) is 0 Å². The van der Waals surface area contributed by atoms with Gasteiger partial charge in [0.05, 0.1) is 16.4 Å². The first-order chi connectivity index (χ1) is 12.6. The third kappa shape index (κ3) is 2.16. The van der Waals surface area contributed by atoms with Gasteiger partial charge in [-0.3, -0.25) is 9.78 Å². The molecule has 0 unspecified atom stereocenters. The maximum absolute atomic E-state index is 13.1. The van der Waals surface area contributed by atoms with Crippen molar-refractivity contribution in [2.45, 2.75) is 6.42 Å². The quantitative estimate of drug-likeness (QED) is 0.508. The number of pyridine rings is 2. The van der Waals surface area contributed by atoms with Gasteiger partial charge in [0.25, 0.3) is 0 Å². The van der Waals surface area contributed by atoms with Crippen molar-refractivity contribution in [3.63, 3.8) is 0 Å². The molecule has 4 nitrogen and oxygen atoms in total. The fraction of sp³-hybridized carbons (Fsp3) is 0.0476. The van der Waals surface area contributed by atoms with Gasteiger partial charge in [0.1, 0.15) is 5.75 Å². The molecule has 126 valence electrons. The number of aromatic nitrogens is 2. The Bertz CT molecular complexity index is 1340. The predicted octanol–water partition coefficient (Wildman–Crippen LogP) is 4.39. The SMILES string of the molecule is O=c1c(Cc2cccnc2)cn2c3ccc(Cl)cc3c3cc(O)cc1c32. The first-order valence-corrected chi connectivity index (χ1v) is 8.60. The van der Waals surface area contributed by atoms with Crippen molar-refractivity contribution >= 4 is 38.8 Å². The number of fused-ring (bicyclic) bond motifs is 3. The van der Waals surface area contributed by atoms with Gasteiger partial charge in [0.15, 0.2) is 5.43 Å². The molecule has 5 aromatic rings. The second-order valence-electron chi connectivity index (χ2n) is 6.44. The second-order valence-corrected chi connectivity index (χ2v) is 6.88. The minimum Gasteiger partial charge on any atom is -0.508 e. The van der Waals surface area contributed by atoms with Gasteiger partial charge in [0.2, 0.25) is 0 Å². The standard InChI is InChI=1S/C21H13ClN2O2/c22-14-3-4-19-16(7-14)17-8-15(25)9-18-20(17)24(19)11-13(21(18)26)6-12-2-1-5-23-10-12/h1-5,7-11,25H,6H2. The lowest BCUT2D eigenvalue weighted by molar-refractivity contribution is 0.477. The van der Waals surface area contributed by atoms with Crippen molar-refractivity contribution in [1.82, 2.24) is 9.38 Å². The fourth-order valence-electron chi connectivity index (χ4n) is 3.68. The van der Waals surface area contributed by atoms with Gasteiger partial charge < -0.3 is 9.51 Å². The molecule has 0 aliphatic rings. The van der Waals surface area contributed by atoms with E-state index in [9.17, 15) is 9.90 Å². The van der Waals surface area contributed by atoms with Crippen molar-refractivity contribution in [2.75, 3.05) is 0 Å². The van der Waals surface area contributed by atoms with E-state index in [-0.39, 0.29) is 11.2 Å². The Morgan fingerprint density at radius 3 is 2.73 bits per heavy atom. The lowest BCUT2D eigenvalue weighted by atomic mass is 10.0. The minimum absolute atomic E-state index is 0.0718. The predicted molar refractivity (Wildman–Crippen MR) is 104 cm³/mol. The molecule has 5 heteroatoms. The van der Waals surface area contributed by atoms with E-state index in [1.54, 1.807) is 18.5 Å². The summed E-state index contributed by atoms with van der Waals surface area (Å²) in [6, 6.07) is 12.7. The summed E-state index contributed by atoms with van der Waals surface area (Å²) in [5.41, 5.74) is 3.31. The molecule has 0 saturated carbocycles. The van der Waals surface area contributed by atoms with Gasteiger partial charge in [-0.2, -0.15) is 0 Å². The number of hydrogen-bond donors (Lipinski definition) is 1. The molecule has 0 spiro atoms. The highest BCUT2D eigenvalue weighted by molar-refractivity contribution is 6.32. The van der Waals surface area contributed by atoms with Crippen LogP contribution in [0.3, 0.4) is 0 Å². The first kappa shape index (κ1) is 15.2. The van der Waals surface area contributed by atoms with E-state index in [0.29, 0.717) is 22.4 Å². The topological polar surface area (TPSA) is 54.6 Å². The fourth-order valence-corrected chi connectivity index (χ4v) is 3.85. The normalized spacial score (nSPS) is 11.7. The number of benzene rings is 2. The maximum Gasteiger partial charge on any atom is 0.193 e. The molecule has 0 atom stereocenters. The highest BCUT2D eigenvalue weighted by Crippen LogP contribution is 2.35. The number of nitrogens with zero attached hydrogens (tertiary/aromatic N) is 2. The summed E-state index contributed by atoms with van der Waals surface area (Å²) in [6.07, 6.45) is 5.84. The van der Waals surface area contributed by atoms with Crippen LogP contribution in [0.2, 0.25) is 5.02 Å². The van der Waals surface area contributed by atoms with E-state index in [0.717, 1.165) is 27.4 Å². The minimum atomic E-state index is -0.0730. The van der Waals surface area contributed by atoms with Gasteiger partial charge in [-0.25, -0.2) is 0 Å². The molecule has 1 N–H and O–H groups in total. The number of aromatic hydroxyl groups is 1. The lowest BCUT2D eigenvalue weighted by Gasteiger charge is -2.07. The van der Waals surface area contributed by atoms with Crippen molar-refractivity contribution in [3.8, 4) is 5.75 Å². The molecule has 0 amide bonds. The van der Waals surface area contributed by atoms with Gasteiger partial charge >= 0.3 is 0 Å². The molecule has 0 aliphatic heterocycles. The van der Waals surface area contributed by atoms with Crippen LogP contribution in [-0.2, 0) is 6.42 Å². The van der Waals surface area contributed by atoms with E-state index < -0.39 is 0 Å². The molecule has 5 rings (SSSR count). The van der Waals surface area contributed by atoms with Gasteiger partial charge in [0, 0.05) is 46.4 Å². The maximum atomic E-state index is 13.1. The van der Waals surface area contributed by atoms with Crippen LogP contribution in [0.1, 0.15) is 11.1 Å². The Labute approximate surface area is 153 Å². The molecule has 2 aromatic carbocycles. The van der Waals surface area contributed by atoms with Crippen LogP contribution >= 0.6 is 11.6 Å². The Balaban J connectivity index is 1.91. The number of halogens is 1. The summed E-state index contributed by atoms with van der Waals surface area (Å²) in [7, 11) is 0. The van der Waals surface area contributed by atoms with Crippen LogP contribution in [0.15, 0.2) is 65.8 Å². The number of phenols is 1. The molecule has 3 heterocycles. The zero-order chi connectivity index (χ0) is 17.8. The van der Waals surface area contributed by atoms with Gasteiger partial charge in [-0.1, -0.05) is 17.7 Å². The summed E-state index contributed by atoms with van der Waals surface area (Å²) in [6.45, 7) is 0. The van der Waals surface area contributed by atoms with Gasteiger partial charge in [-0.15, -0.1) is 0 Å². The molecular formula is C21H13ClN2O2. The van der Waals surface area contributed by atoms with E-state index in [1.807, 2.05) is 40.9 Å². The van der Waals surface area contributed by atoms with Crippen LogP contribution in [-0.4, -0.2) is 14.5 Å². The van der Waals surface area contributed by atoms with Crippen LogP contribution in [0.25, 0.3) is 27.2 Å². The van der Waals surface area contributed by atoms with E-state index >= 15 is 0 Å². The van der Waals surface area contributed by atoms with E-state index in [4.69, 9.17) is 11.6 Å². The van der Waals surface area contributed by atoms with E-state index in [1.165, 1.54) is 6.07 Å². The largest absolute Gasteiger partial charge is 0.508 e. The number of hydrogen-bond acceptors (Lipinski definition) is 3. The molecule has 0 saturated heterocycles. The molecule has 3 aromatic heterocycles. The van der Waals surface area contributed by atoms with Crippen LogP contribution in [0.4, 0.5) is 0 Å². The number of rotatable bonds is 2. The summed E-state index contributed by atoms with van der Waals surface area (Å²) in [5, 5.41) is 13.0. The Morgan fingerprint density at radius 2 is 1.92 bits per heavy atom. The summed E-state index contributed by atoms with van der Waals surface area (Å²) in [5.74, 6) is 0.0718. The third-order valence-electron chi connectivity index (χ3n) is 4.78. The third-order valence-corrected chi connectivity index (χ3v) is 5.02. The summed E-state index contributed by atoms with van der Waals surface area (Å²) < 4.78 is 2.02. The van der Waals surface area contributed by atoms with Crippen molar-refractivity contribution < 1.29 is 5.11 Å². The molecule has 0 fully saturated rings. The zero-order valence-electron chi connectivity index (χ0n) is 13.6. The first-order valence-electron chi connectivity index (χ1n) is 8.22. The Hall–Kier alpha value is -3.11. The smallest absolute Gasteiger partial charge is 0.193 e. The van der Waals surface area contributed by atoms with Crippen LogP contribution < -0.4 is 5.43 Å². The van der Waals surface area contributed by atoms with E-state index in [2.05, 4.69) is 4.98 Å². The summed E-state index contributed by atoms with van der Waals surface area (Å²) >= 11 is 6.17. The highest BCUT2D eigenvalue weighted by atomic mass is 35.5. The average Bonchev–Trinajstić information content (AvgIpc) is 2.93. The Morgan fingerprint density at radius 1 is 1.08 bits per heavy atom. The second kappa shape index (κ2) is 5.44. The van der Waals surface area contributed by atoms with Gasteiger partial charge in [-0.05, 0) is 42.0 Å².